The third kappa shape index (κ3) is 3.20. The molecule has 0 unspecified atom stereocenters. The first-order chi connectivity index (χ1) is 12.1. The lowest BCUT2D eigenvalue weighted by Gasteiger charge is -2.23. The van der Waals surface area contributed by atoms with E-state index >= 15 is 0 Å². The lowest BCUT2D eigenvalue weighted by atomic mass is 9.85. The number of rotatable bonds is 4. The van der Waals surface area contributed by atoms with Gasteiger partial charge >= 0.3 is 12.0 Å². The van der Waals surface area contributed by atoms with Gasteiger partial charge in [0.2, 0.25) is 0 Å². The summed E-state index contributed by atoms with van der Waals surface area (Å²) in [6.07, 6.45) is 5.49. The number of aromatic amines is 1. The Morgan fingerprint density at radius 2 is 2.08 bits per heavy atom. The molecule has 2 amide bonds. The SMILES string of the molecule is O=C(Nc1ccc2[nH]c(C(=O)O)cc2c1)Nc1ncc(C2CCC2)s1. The zero-order valence-electron chi connectivity index (χ0n) is 13.2. The van der Waals surface area contributed by atoms with Crippen molar-refractivity contribution in [3.8, 4) is 0 Å². The summed E-state index contributed by atoms with van der Waals surface area (Å²) in [7, 11) is 0. The number of benzene rings is 1. The predicted octanol–water partition coefficient (Wildman–Crippen LogP) is 4.23. The molecule has 3 aromatic rings. The molecule has 0 aliphatic heterocycles. The van der Waals surface area contributed by atoms with Gasteiger partial charge in [0.1, 0.15) is 5.69 Å². The van der Waals surface area contributed by atoms with Crippen molar-refractivity contribution in [2.75, 3.05) is 10.6 Å². The normalized spacial score (nSPS) is 14.2. The van der Waals surface area contributed by atoms with Gasteiger partial charge in [0.05, 0.1) is 0 Å². The molecule has 0 saturated heterocycles. The predicted molar refractivity (Wildman–Crippen MR) is 96.6 cm³/mol. The molecule has 25 heavy (non-hydrogen) atoms. The summed E-state index contributed by atoms with van der Waals surface area (Å²) in [4.78, 5) is 31.4. The number of nitrogens with one attached hydrogen (secondary N) is 3. The van der Waals surface area contributed by atoms with E-state index in [0.717, 1.165) is 5.39 Å². The van der Waals surface area contributed by atoms with E-state index in [2.05, 4.69) is 20.6 Å². The number of carbonyl (C=O) groups excluding carboxylic acids is 1. The average molecular weight is 356 g/mol. The highest BCUT2D eigenvalue weighted by atomic mass is 32.1. The molecule has 4 N–H and O–H groups in total. The molecule has 0 spiro atoms. The zero-order chi connectivity index (χ0) is 17.4. The first-order valence-electron chi connectivity index (χ1n) is 7.98. The summed E-state index contributed by atoms with van der Waals surface area (Å²) in [5, 5.41) is 15.8. The first-order valence-corrected chi connectivity index (χ1v) is 8.80. The number of fused-ring (bicyclic) bond motifs is 1. The molecule has 2 aromatic heterocycles. The van der Waals surface area contributed by atoms with Gasteiger partial charge in [-0.2, -0.15) is 0 Å². The molecule has 7 nitrogen and oxygen atoms in total. The summed E-state index contributed by atoms with van der Waals surface area (Å²) < 4.78 is 0. The molecule has 1 saturated carbocycles. The third-order valence-corrected chi connectivity index (χ3v) is 5.44. The van der Waals surface area contributed by atoms with E-state index in [9.17, 15) is 9.59 Å². The molecule has 4 rings (SSSR count). The van der Waals surface area contributed by atoms with Gasteiger partial charge in [-0.3, -0.25) is 5.32 Å². The summed E-state index contributed by atoms with van der Waals surface area (Å²) in [5.41, 5.74) is 1.40. The van der Waals surface area contributed by atoms with E-state index in [4.69, 9.17) is 5.11 Å². The van der Waals surface area contributed by atoms with Crippen molar-refractivity contribution >= 4 is 45.1 Å². The lowest BCUT2D eigenvalue weighted by molar-refractivity contribution is 0.0691. The van der Waals surface area contributed by atoms with E-state index in [0.29, 0.717) is 22.3 Å². The second-order valence-electron chi connectivity index (χ2n) is 6.06. The number of H-pyrrole nitrogens is 1. The fourth-order valence-corrected chi connectivity index (χ4v) is 3.79. The van der Waals surface area contributed by atoms with Crippen LogP contribution in [0, 0.1) is 0 Å². The van der Waals surface area contributed by atoms with Crippen LogP contribution in [-0.2, 0) is 0 Å². The number of hydrogen-bond donors (Lipinski definition) is 4. The maximum Gasteiger partial charge on any atom is 0.352 e. The van der Waals surface area contributed by atoms with Crippen LogP contribution < -0.4 is 10.6 Å². The first kappa shape index (κ1) is 15.6. The molecular weight excluding hydrogens is 340 g/mol. The standard InChI is InChI=1S/C17H16N4O3S/c22-15(23)13-7-10-6-11(4-5-12(10)20-13)19-16(24)21-17-18-8-14(25-17)9-2-1-3-9/h4-9,20H,1-3H2,(H,22,23)(H2,18,19,21,24). The number of nitrogens with zero attached hydrogens (tertiary/aromatic N) is 1. The van der Waals surface area contributed by atoms with Crippen LogP contribution in [0.15, 0.2) is 30.5 Å². The Morgan fingerprint density at radius 3 is 2.80 bits per heavy atom. The Hall–Kier alpha value is -2.87. The number of aromatic carboxylic acids is 1. The van der Waals surface area contributed by atoms with Crippen molar-refractivity contribution in [2.24, 2.45) is 0 Å². The molecule has 0 bridgehead atoms. The van der Waals surface area contributed by atoms with Crippen LogP contribution in [0.25, 0.3) is 10.9 Å². The quantitative estimate of drug-likeness (QED) is 0.561. The lowest BCUT2D eigenvalue weighted by Crippen LogP contribution is -2.19. The zero-order valence-corrected chi connectivity index (χ0v) is 14.0. The van der Waals surface area contributed by atoms with Crippen LogP contribution in [0.2, 0.25) is 0 Å². The molecule has 0 atom stereocenters. The molecule has 128 valence electrons. The van der Waals surface area contributed by atoms with Crippen LogP contribution in [0.4, 0.5) is 15.6 Å². The maximum atomic E-state index is 12.1. The maximum absolute atomic E-state index is 12.1. The Balaban J connectivity index is 1.43. The van der Waals surface area contributed by atoms with Crippen molar-refractivity contribution in [1.29, 1.82) is 0 Å². The van der Waals surface area contributed by atoms with Crippen LogP contribution in [0.1, 0.15) is 40.5 Å². The number of carboxylic acid groups (broad SMARTS) is 1. The Kier molecular flexibility index (Phi) is 3.89. The minimum Gasteiger partial charge on any atom is -0.477 e. The van der Waals surface area contributed by atoms with Gasteiger partial charge in [-0.15, -0.1) is 11.3 Å². The van der Waals surface area contributed by atoms with Crippen LogP contribution in [0.5, 0.6) is 0 Å². The van der Waals surface area contributed by atoms with Crippen molar-refractivity contribution in [1.82, 2.24) is 9.97 Å². The van der Waals surface area contributed by atoms with Crippen LogP contribution in [-0.4, -0.2) is 27.1 Å². The highest BCUT2D eigenvalue weighted by Gasteiger charge is 2.22. The molecule has 1 aromatic carbocycles. The van der Waals surface area contributed by atoms with E-state index < -0.39 is 5.97 Å². The van der Waals surface area contributed by atoms with Gasteiger partial charge in [-0.05, 0) is 43.0 Å². The van der Waals surface area contributed by atoms with Crippen molar-refractivity contribution in [3.63, 3.8) is 0 Å². The number of hydrogen-bond acceptors (Lipinski definition) is 4. The fraction of sp³-hybridized carbons (Fsp3) is 0.235. The summed E-state index contributed by atoms with van der Waals surface area (Å²) in [6, 6.07) is 6.33. The van der Waals surface area contributed by atoms with Crippen LogP contribution >= 0.6 is 11.3 Å². The van der Waals surface area contributed by atoms with E-state index in [1.165, 1.54) is 41.5 Å². The van der Waals surface area contributed by atoms with Crippen molar-refractivity contribution in [2.45, 2.75) is 25.2 Å². The van der Waals surface area contributed by atoms with Crippen molar-refractivity contribution < 1.29 is 14.7 Å². The molecule has 1 aliphatic rings. The highest BCUT2D eigenvalue weighted by molar-refractivity contribution is 7.15. The van der Waals surface area contributed by atoms with Gasteiger partial charge in [-0.25, -0.2) is 14.6 Å². The van der Waals surface area contributed by atoms with Gasteiger partial charge in [0, 0.05) is 27.7 Å². The molecule has 8 heteroatoms. The molecular formula is C17H16N4O3S. The monoisotopic (exact) mass is 356 g/mol. The summed E-state index contributed by atoms with van der Waals surface area (Å²) in [5.74, 6) is -0.426. The summed E-state index contributed by atoms with van der Waals surface area (Å²) >= 11 is 1.51. The second-order valence-corrected chi connectivity index (χ2v) is 7.13. The van der Waals surface area contributed by atoms with Gasteiger partial charge in [0.15, 0.2) is 5.13 Å². The average Bonchev–Trinajstić information content (AvgIpc) is 3.12. The fourth-order valence-electron chi connectivity index (χ4n) is 2.81. The topological polar surface area (TPSA) is 107 Å². The number of anilines is 2. The molecule has 2 heterocycles. The van der Waals surface area contributed by atoms with E-state index in [1.807, 2.05) is 6.20 Å². The van der Waals surface area contributed by atoms with E-state index in [1.54, 1.807) is 18.2 Å². The molecule has 0 radical (unpaired) electrons. The van der Waals surface area contributed by atoms with E-state index in [-0.39, 0.29) is 11.7 Å². The number of amides is 2. The van der Waals surface area contributed by atoms with Gasteiger partial charge < -0.3 is 15.4 Å². The number of carbonyl (C=O) groups is 2. The van der Waals surface area contributed by atoms with Crippen LogP contribution in [0.3, 0.4) is 0 Å². The molecule has 1 aliphatic carbocycles. The largest absolute Gasteiger partial charge is 0.477 e. The third-order valence-electron chi connectivity index (χ3n) is 4.36. The van der Waals surface area contributed by atoms with Gasteiger partial charge in [0.25, 0.3) is 0 Å². The van der Waals surface area contributed by atoms with Crippen molar-refractivity contribution in [3.05, 3.63) is 41.0 Å². The minimum absolute atomic E-state index is 0.114. The Labute approximate surface area is 147 Å². The Morgan fingerprint density at radius 1 is 1.24 bits per heavy atom. The van der Waals surface area contributed by atoms with Gasteiger partial charge in [-0.1, -0.05) is 6.42 Å². The molecule has 1 fully saturated rings. The number of aromatic nitrogens is 2. The second kappa shape index (κ2) is 6.21. The summed E-state index contributed by atoms with van der Waals surface area (Å²) in [6.45, 7) is 0. The number of carboxylic acids is 1. The number of urea groups is 1. The minimum atomic E-state index is -1.02. The highest BCUT2D eigenvalue weighted by Crippen LogP contribution is 2.39. The number of thiazole rings is 1. The smallest absolute Gasteiger partial charge is 0.352 e. The Bertz CT molecular complexity index is 958.